The Kier molecular flexibility index (Phi) is 12.2. The number of carbonyl (C=O) groups is 2. The molecule has 0 saturated heterocycles. The lowest BCUT2D eigenvalue weighted by Crippen LogP contribution is -2.44. The standard InChI is InChI=1S/C33H44F2N4O2S/c1-23(2)37-30(40)14-17-42-22-31(41)39(16-9-15-36)32(33(3,4)5)29-18-25(27-19-26(34)12-13-28(27)35)21-38(29)20-24-10-7-6-8-11-24/h6-8,10-13,18-19,21,23,32H,9,14-17,20,22,36H2,1-5H3,(H,37,40). The van der Waals surface area contributed by atoms with Crippen LogP contribution in [0.1, 0.15) is 64.8 Å². The minimum Gasteiger partial charge on any atom is -0.354 e. The van der Waals surface area contributed by atoms with Crippen molar-refractivity contribution >= 4 is 23.6 Å². The Hall–Kier alpha value is -3.17. The summed E-state index contributed by atoms with van der Waals surface area (Å²) in [4.78, 5) is 27.8. The predicted octanol–water partition coefficient (Wildman–Crippen LogP) is 6.39. The molecular weight excluding hydrogens is 554 g/mol. The summed E-state index contributed by atoms with van der Waals surface area (Å²) in [5.41, 5.74) is 8.08. The molecule has 42 heavy (non-hydrogen) atoms. The minimum absolute atomic E-state index is 0.0339. The van der Waals surface area contributed by atoms with Gasteiger partial charge in [0.1, 0.15) is 11.6 Å². The van der Waals surface area contributed by atoms with Crippen molar-refractivity contribution < 1.29 is 18.4 Å². The van der Waals surface area contributed by atoms with E-state index in [1.807, 2.05) is 65.9 Å². The van der Waals surface area contributed by atoms with Gasteiger partial charge in [0.15, 0.2) is 0 Å². The first-order valence-corrected chi connectivity index (χ1v) is 15.6. The largest absolute Gasteiger partial charge is 0.354 e. The molecule has 0 aliphatic heterocycles. The van der Waals surface area contributed by atoms with E-state index in [2.05, 4.69) is 26.1 Å². The maximum absolute atomic E-state index is 14.9. The van der Waals surface area contributed by atoms with Crippen LogP contribution in [0.25, 0.3) is 11.1 Å². The minimum atomic E-state index is -0.519. The number of nitrogens with one attached hydrogen (secondary N) is 1. The second kappa shape index (κ2) is 15.3. The molecule has 9 heteroatoms. The number of aromatic nitrogens is 1. The molecule has 1 heterocycles. The van der Waals surface area contributed by atoms with Gasteiger partial charge < -0.3 is 20.5 Å². The molecule has 6 nitrogen and oxygen atoms in total. The van der Waals surface area contributed by atoms with Crippen LogP contribution in [-0.2, 0) is 16.1 Å². The lowest BCUT2D eigenvalue weighted by molar-refractivity contribution is -0.133. The van der Waals surface area contributed by atoms with Crippen molar-refractivity contribution in [2.45, 2.75) is 66.1 Å². The van der Waals surface area contributed by atoms with E-state index in [0.29, 0.717) is 43.8 Å². The van der Waals surface area contributed by atoms with E-state index in [1.165, 1.54) is 17.8 Å². The summed E-state index contributed by atoms with van der Waals surface area (Å²) in [6, 6.07) is 14.9. The van der Waals surface area contributed by atoms with E-state index in [1.54, 1.807) is 0 Å². The molecule has 3 aromatic rings. The molecule has 228 valence electrons. The van der Waals surface area contributed by atoms with Gasteiger partial charge in [-0.1, -0.05) is 51.1 Å². The molecule has 0 bridgehead atoms. The second-order valence-corrected chi connectivity index (χ2v) is 13.0. The lowest BCUT2D eigenvalue weighted by Gasteiger charge is -2.41. The maximum atomic E-state index is 14.9. The van der Waals surface area contributed by atoms with Crippen LogP contribution in [0.5, 0.6) is 0 Å². The summed E-state index contributed by atoms with van der Waals surface area (Å²) < 4.78 is 31.2. The Morgan fingerprint density at radius 3 is 2.43 bits per heavy atom. The molecule has 1 unspecified atom stereocenters. The van der Waals surface area contributed by atoms with Gasteiger partial charge in [-0.2, -0.15) is 11.8 Å². The summed E-state index contributed by atoms with van der Waals surface area (Å²) in [6.07, 6.45) is 2.79. The molecule has 1 atom stereocenters. The third-order valence-electron chi connectivity index (χ3n) is 6.85. The maximum Gasteiger partial charge on any atom is 0.233 e. The van der Waals surface area contributed by atoms with Crippen LogP contribution >= 0.6 is 11.8 Å². The summed E-state index contributed by atoms with van der Waals surface area (Å²) in [5.74, 6) is -0.368. The van der Waals surface area contributed by atoms with Crippen molar-refractivity contribution in [1.29, 1.82) is 0 Å². The third kappa shape index (κ3) is 9.42. The molecule has 0 radical (unpaired) electrons. The number of hydrogen-bond donors (Lipinski definition) is 2. The first kappa shape index (κ1) is 33.3. The highest BCUT2D eigenvalue weighted by Gasteiger charge is 2.37. The molecular formula is C33H44F2N4O2S. The van der Waals surface area contributed by atoms with E-state index in [4.69, 9.17) is 5.73 Å². The quantitative estimate of drug-likeness (QED) is 0.211. The summed E-state index contributed by atoms with van der Waals surface area (Å²) in [7, 11) is 0. The fourth-order valence-corrected chi connectivity index (χ4v) is 5.89. The number of halogens is 2. The van der Waals surface area contributed by atoms with E-state index >= 15 is 0 Å². The van der Waals surface area contributed by atoms with E-state index in [-0.39, 0.29) is 35.2 Å². The van der Waals surface area contributed by atoms with Gasteiger partial charge in [-0.05, 0) is 62.1 Å². The number of benzene rings is 2. The van der Waals surface area contributed by atoms with Gasteiger partial charge in [-0.3, -0.25) is 9.59 Å². The van der Waals surface area contributed by atoms with Crippen LogP contribution in [-0.4, -0.2) is 51.9 Å². The van der Waals surface area contributed by atoms with Gasteiger partial charge in [0.2, 0.25) is 11.8 Å². The monoisotopic (exact) mass is 598 g/mol. The van der Waals surface area contributed by atoms with Crippen LogP contribution in [0.2, 0.25) is 0 Å². The van der Waals surface area contributed by atoms with Gasteiger partial charge in [0.05, 0.1) is 11.8 Å². The Labute approximate surface area is 253 Å². The number of nitrogens with two attached hydrogens (primary N) is 1. The fraction of sp³-hybridized carbons (Fsp3) is 0.455. The molecule has 3 rings (SSSR count). The van der Waals surface area contributed by atoms with Gasteiger partial charge in [-0.25, -0.2) is 8.78 Å². The van der Waals surface area contributed by atoms with E-state index in [0.717, 1.165) is 23.4 Å². The molecule has 1 aromatic heterocycles. The number of amides is 2. The first-order chi connectivity index (χ1) is 19.9. The molecule has 0 saturated carbocycles. The zero-order valence-corrected chi connectivity index (χ0v) is 26.1. The van der Waals surface area contributed by atoms with Crippen LogP contribution in [0.4, 0.5) is 8.78 Å². The van der Waals surface area contributed by atoms with Crippen molar-refractivity contribution in [3.63, 3.8) is 0 Å². The lowest BCUT2D eigenvalue weighted by atomic mass is 9.83. The summed E-state index contributed by atoms with van der Waals surface area (Å²) >= 11 is 1.43. The van der Waals surface area contributed by atoms with E-state index in [9.17, 15) is 18.4 Å². The molecule has 3 N–H and O–H groups in total. The molecule has 2 amide bonds. The summed E-state index contributed by atoms with van der Waals surface area (Å²) in [5, 5.41) is 2.88. The summed E-state index contributed by atoms with van der Waals surface area (Å²) in [6.45, 7) is 11.4. The van der Waals surface area contributed by atoms with Crippen molar-refractivity contribution in [1.82, 2.24) is 14.8 Å². The van der Waals surface area contributed by atoms with E-state index < -0.39 is 17.0 Å². The highest BCUT2D eigenvalue weighted by molar-refractivity contribution is 7.99. The fourth-order valence-electron chi connectivity index (χ4n) is 5.07. The van der Waals surface area contributed by atoms with Crippen LogP contribution < -0.4 is 11.1 Å². The third-order valence-corrected chi connectivity index (χ3v) is 7.79. The van der Waals surface area contributed by atoms with Crippen LogP contribution in [0.15, 0.2) is 60.8 Å². The topological polar surface area (TPSA) is 80.4 Å². The Balaban J connectivity index is 2.01. The highest BCUT2D eigenvalue weighted by atomic mass is 32.2. The number of carbonyl (C=O) groups excluding carboxylic acids is 2. The Morgan fingerprint density at radius 2 is 1.79 bits per heavy atom. The average molecular weight is 599 g/mol. The van der Waals surface area contributed by atoms with Gasteiger partial charge in [0, 0.05) is 54.3 Å². The number of thioether (sulfide) groups is 1. The van der Waals surface area contributed by atoms with Gasteiger partial charge >= 0.3 is 0 Å². The number of hydrogen-bond acceptors (Lipinski definition) is 4. The average Bonchev–Trinajstić information content (AvgIpc) is 3.32. The SMILES string of the molecule is CC(C)NC(=O)CCSCC(=O)N(CCCN)C(c1cc(-c2cc(F)ccc2F)cn1Cc1ccccc1)C(C)(C)C. The van der Waals surface area contributed by atoms with Crippen LogP contribution in [0, 0.1) is 17.0 Å². The zero-order valence-electron chi connectivity index (χ0n) is 25.3. The van der Waals surface area contributed by atoms with Gasteiger partial charge in [-0.15, -0.1) is 0 Å². The van der Waals surface area contributed by atoms with Crippen molar-refractivity contribution in [2.75, 3.05) is 24.6 Å². The Bertz CT molecular complexity index is 1320. The molecule has 0 fully saturated rings. The van der Waals surface area contributed by atoms with Crippen molar-refractivity contribution in [3.8, 4) is 11.1 Å². The van der Waals surface area contributed by atoms with Gasteiger partial charge in [0.25, 0.3) is 0 Å². The van der Waals surface area contributed by atoms with Crippen molar-refractivity contribution in [3.05, 3.63) is 83.7 Å². The molecule has 0 aliphatic rings. The molecule has 2 aromatic carbocycles. The molecule has 0 aliphatic carbocycles. The smallest absolute Gasteiger partial charge is 0.233 e. The highest BCUT2D eigenvalue weighted by Crippen LogP contribution is 2.41. The number of nitrogens with zero attached hydrogens (tertiary/aromatic N) is 2. The number of rotatable bonds is 14. The predicted molar refractivity (Wildman–Crippen MR) is 168 cm³/mol. The first-order valence-electron chi connectivity index (χ1n) is 14.5. The van der Waals surface area contributed by atoms with Crippen molar-refractivity contribution in [2.24, 2.45) is 11.1 Å². The Morgan fingerprint density at radius 1 is 1.07 bits per heavy atom. The normalized spacial score (nSPS) is 12.4. The zero-order chi connectivity index (χ0) is 30.9. The second-order valence-electron chi connectivity index (χ2n) is 11.9. The molecule has 0 spiro atoms. The van der Waals surface area contributed by atoms with Crippen LogP contribution in [0.3, 0.4) is 0 Å².